The van der Waals surface area contributed by atoms with Crippen LogP contribution in [0.3, 0.4) is 0 Å². The van der Waals surface area contributed by atoms with Crippen molar-refractivity contribution in [2.45, 2.75) is 20.3 Å². The Morgan fingerprint density at radius 1 is 1.57 bits per heavy atom. The number of hydrogen-bond acceptors (Lipinski definition) is 4. The van der Waals surface area contributed by atoms with Gasteiger partial charge in [-0.1, -0.05) is 6.92 Å². The Labute approximate surface area is 82.2 Å². The lowest BCUT2D eigenvalue weighted by Gasteiger charge is -2.04. The summed E-state index contributed by atoms with van der Waals surface area (Å²) >= 11 is 0. The van der Waals surface area contributed by atoms with E-state index in [0.717, 1.165) is 13.0 Å². The molecule has 1 heterocycles. The van der Waals surface area contributed by atoms with E-state index in [0.29, 0.717) is 11.6 Å². The third-order valence-corrected chi connectivity index (χ3v) is 1.61. The van der Waals surface area contributed by atoms with Crippen LogP contribution in [0.15, 0.2) is 6.07 Å². The Bertz CT molecular complexity index is 339. The predicted molar refractivity (Wildman–Crippen MR) is 52.5 cm³/mol. The van der Waals surface area contributed by atoms with E-state index in [2.05, 4.69) is 15.3 Å². The first-order valence-electron chi connectivity index (χ1n) is 4.46. The van der Waals surface area contributed by atoms with Crippen molar-refractivity contribution in [2.24, 2.45) is 0 Å². The summed E-state index contributed by atoms with van der Waals surface area (Å²) in [6, 6.07) is 1.44. The van der Waals surface area contributed by atoms with Crippen LogP contribution in [0.1, 0.15) is 29.5 Å². The maximum absolute atomic E-state index is 10.7. The number of aromatic nitrogens is 2. The van der Waals surface area contributed by atoms with Crippen LogP contribution in [-0.4, -0.2) is 27.6 Å². The molecule has 1 aromatic heterocycles. The number of carbonyl (C=O) groups is 1. The van der Waals surface area contributed by atoms with Crippen molar-refractivity contribution < 1.29 is 9.90 Å². The molecule has 0 atom stereocenters. The van der Waals surface area contributed by atoms with Gasteiger partial charge in [0.2, 0.25) is 5.95 Å². The lowest BCUT2D eigenvalue weighted by atomic mass is 10.3. The Hall–Kier alpha value is -1.65. The zero-order valence-corrected chi connectivity index (χ0v) is 8.24. The van der Waals surface area contributed by atoms with Crippen LogP contribution in [0.25, 0.3) is 0 Å². The summed E-state index contributed by atoms with van der Waals surface area (Å²) in [4.78, 5) is 18.6. The molecule has 76 valence electrons. The zero-order valence-electron chi connectivity index (χ0n) is 8.24. The van der Waals surface area contributed by atoms with Crippen LogP contribution in [-0.2, 0) is 0 Å². The molecule has 0 aromatic carbocycles. The molecule has 0 spiro atoms. The minimum absolute atomic E-state index is 0.0242. The van der Waals surface area contributed by atoms with Gasteiger partial charge in [0.15, 0.2) is 5.69 Å². The molecule has 1 rings (SSSR count). The van der Waals surface area contributed by atoms with E-state index in [4.69, 9.17) is 5.11 Å². The summed E-state index contributed by atoms with van der Waals surface area (Å²) in [7, 11) is 0. The van der Waals surface area contributed by atoms with Crippen molar-refractivity contribution in [3.05, 3.63) is 17.5 Å². The zero-order chi connectivity index (χ0) is 10.6. The van der Waals surface area contributed by atoms with E-state index in [9.17, 15) is 4.79 Å². The molecule has 0 saturated carbocycles. The lowest BCUT2D eigenvalue weighted by molar-refractivity contribution is 0.0690. The van der Waals surface area contributed by atoms with Gasteiger partial charge in [0.1, 0.15) is 0 Å². The Kier molecular flexibility index (Phi) is 3.39. The number of aromatic carboxylic acids is 1. The molecule has 14 heavy (non-hydrogen) atoms. The van der Waals surface area contributed by atoms with Gasteiger partial charge in [-0.25, -0.2) is 14.8 Å². The molecule has 2 N–H and O–H groups in total. The second-order valence-corrected chi connectivity index (χ2v) is 2.95. The maximum Gasteiger partial charge on any atom is 0.354 e. The average Bonchev–Trinajstić information content (AvgIpc) is 2.14. The second-order valence-electron chi connectivity index (χ2n) is 2.95. The van der Waals surface area contributed by atoms with Crippen molar-refractivity contribution >= 4 is 11.9 Å². The van der Waals surface area contributed by atoms with Gasteiger partial charge in [-0.15, -0.1) is 0 Å². The minimum atomic E-state index is -1.03. The molecule has 1 aromatic rings. The first kappa shape index (κ1) is 10.4. The quantitative estimate of drug-likeness (QED) is 0.757. The average molecular weight is 195 g/mol. The standard InChI is InChI=1S/C9H13N3O2/c1-3-4-10-9-11-6(2)5-7(12-9)8(13)14/h5H,3-4H2,1-2H3,(H,13,14)(H,10,11,12). The summed E-state index contributed by atoms with van der Waals surface area (Å²) < 4.78 is 0. The van der Waals surface area contributed by atoms with Crippen molar-refractivity contribution in [1.29, 1.82) is 0 Å². The number of carboxylic acid groups (broad SMARTS) is 1. The van der Waals surface area contributed by atoms with Gasteiger partial charge in [0.25, 0.3) is 0 Å². The SMILES string of the molecule is CCCNc1nc(C)cc(C(=O)O)n1. The van der Waals surface area contributed by atoms with Gasteiger partial charge in [-0.05, 0) is 19.4 Å². The van der Waals surface area contributed by atoms with Gasteiger partial charge < -0.3 is 10.4 Å². The summed E-state index contributed by atoms with van der Waals surface area (Å²) in [6.45, 7) is 4.49. The topological polar surface area (TPSA) is 75.1 Å². The molecule has 0 saturated heterocycles. The molecule has 0 unspecified atom stereocenters. The Balaban J connectivity index is 2.89. The fourth-order valence-corrected chi connectivity index (χ4v) is 0.994. The largest absolute Gasteiger partial charge is 0.477 e. The molecular weight excluding hydrogens is 182 g/mol. The first-order valence-corrected chi connectivity index (χ1v) is 4.46. The Morgan fingerprint density at radius 2 is 2.29 bits per heavy atom. The third-order valence-electron chi connectivity index (χ3n) is 1.61. The van der Waals surface area contributed by atoms with Crippen molar-refractivity contribution in [2.75, 3.05) is 11.9 Å². The first-order chi connectivity index (χ1) is 6.63. The van der Waals surface area contributed by atoms with Crippen molar-refractivity contribution in [3.8, 4) is 0 Å². The molecule has 0 amide bonds. The number of anilines is 1. The van der Waals surface area contributed by atoms with E-state index < -0.39 is 5.97 Å². The maximum atomic E-state index is 10.7. The highest BCUT2D eigenvalue weighted by atomic mass is 16.4. The van der Waals surface area contributed by atoms with Crippen LogP contribution in [0, 0.1) is 6.92 Å². The number of nitrogens with zero attached hydrogens (tertiary/aromatic N) is 2. The van der Waals surface area contributed by atoms with Crippen LogP contribution >= 0.6 is 0 Å². The lowest BCUT2D eigenvalue weighted by Crippen LogP contribution is -2.09. The van der Waals surface area contributed by atoms with Crippen LogP contribution in [0.5, 0.6) is 0 Å². The second kappa shape index (κ2) is 4.55. The van der Waals surface area contributed by atoms with E-state index in [1.54, 1.807) is 6.92 Å². The van der Waals surface area contributed by atoms with E-state index in [-0.39, 0.29) is 5.69 Å². The fourth-order valence-electron chi connectivity index (χ4n) is 0.994. The number of nitrogens with one attached hydrogen (secondary N) is 1. The summed E-state index contributed by atoms with van der Waals surface area (Å²) in [6.07, 6.45) is 0.944. The highest BCUT2D eigenvalue weighted by Crippen LogP contribution is 2.04. The fraction of sp³-hybridized carbons (Fsp3) is 0.444. The summed E-state index contributed by atoms with van der Waals surface area (Å²) in [5.41, 5.74) is 0.673. The number of rotatable bonds is 4. The van der Waals surface area contributed by atoms with Crippen LogP contribution in [0.4, 0.5) is 5.95 Å². The summed E-state index contributed by atoms with van der Waals surface area (Å²) in [5, 5.41) is 11.7. The molecule has 5 nitrogen and oxygen atoms in total. The highest BCUT2D eigenvalue weighted by molar-refractivity contribution is 5.85. The highest BCUT2D eigenvalue weighted by Gasteiger charge is 2.07. The normalized spacial score (nSPS) is 9.86. The molecule has 0 radical (unpaired) electrons. The number of hydrogen-bond donors (Lipinski definition) is 2. The van der Waals surface area contributed by atoms with Crippen molar-refractivity contribution in [1.82, 2.24) is 9.97 Å². The van der Waals surface area contributed by atoms with Gasteiger partial charge in [0.05, 0.1) is 0 Å². The smallest absolute Gasteiger partial charge is 0.354 e. The molecule has 0 aliphatic rings. The molecule has 0 bridgehead atoms. The molecule has 0 aliphatic carbocycles. The Morgan fingerprint density at radius 3 is 2.86 bits per heavy atom. The number of aryl methyl sites for hydroxylation is 1. The summed E-state index contributed by atoms with van der Waals surface area (Å²) in [5.74, 6) is -0.653. The van der Waals surface area contributed by atoms with Gasteiger partial charge >= 0.3 is 5.97 Å². The van der Waals surface area contributed by atoms with Gasteiger partial charge in [-0.2, -0.15) is 0 Å². The molecule has 5 heteroatoms. The minimum Gasteiger partial charge on any atom is -0.477 e. The van der Waals surface area contributed by atoms with E-state index in [1.165, 1.54) is 6.07 Å². The predicted octanol–water partition coefficient (Wildman–Crippen LogP) is 1.31. The van der Waals surface area contributed by atoms with E-state index in [1.807, 2.05) is 6.92 Å². The van der Waals surface area contributed by atoms with Crippen molar-refractivity contribution in [3.63, 3.8) is 0 Å². The van der Waals surface area contributed by atoms with Gasteiger partial charge in [-0.3, -0.25) is 0 Å². The third kappa shape index (κ3) is 2.69. The van der Waals surface area contributed by atoms with E-state index >= 15 is 0 Å². The van der Waals surface area contributed by atoms with Crippen LogP contribution < -0.4 is 5.32 Å². The molecule has 0 aliphatic heterocycles. The monoisotopic (exact) mass is 195 g/mol. The van der Waals surface area contributed by atoms with Crippen LogP contribution in [0.2, 0.25) is 0 Å². The van der Waals surface area contributed by atoms with Gasteiger partial charge in [0, 0.05) is 12.2 Å². The number of carboxylic acids is 1. The molecular formula is C9H13N3O2. The molecule has 0 fully saturated rings.